The van der Waals surface area contributed by atoms with Crippen molar-refractivity contribution in [3.8, 4) is 6.07 Å². The van der Waals surface area contributed by atoms with Crippen LogP contribution in [0.4, 0.5) is 0 Å². The van der Waals surface area contributed by atoms with E-state index in [-0.39, 0.29) is 30.5 Å². The molecule has 1 aliphatic carbocycles. The van der Waals surface area contributed by atoms with E-state index in [1.807, 2.05) is 17.0 Å². The van der Waals surface area contributed by atoms with Gasteiger partial charge in [0, 0.05) is 30.9 Å². The lowest BCUT2D eigenvalue weighted by atomic mass is 10.1. The number of nitrogens with zero attached hydrogens (tertiary/aromatic N) is 3. The molecular weight excluding hydrogens is 282 g/mol. The fourth-order valence-electron chi connectivity index (χ4n) is 4.08. The minimum atomic E-state index is -0.432. The number of fused-ring (bicyclic) bond motifs is 3. The molecule has 2 aliphatic heterocycles. The summed E-state index contributed by atoms with van der Waals surface area (Å²) in [4.78, 5) is 30.6. The number of hydrogen-bond acceptors (Lipinski definition) is 4. The molecular formula is C15H17N5O2. The molecule has 114 valence electrons. The van der Waals surface area contributed by atoms with Crippen LogP contribution in [0.2, 0.25) is 0 Å². The van der Waals surface area contributed by atoms with Crippen molar-refractivity contribution in [2.75, 3.05) is 13.1 Å². The van der Waals surface area contributed by atoms with Crippen LogP contribution in [-0.2, 0) is 4.79 Å². The number of aromatic amines is 1. The van der Waals surface area contributed by atoms with Crippen molar-refractivity contribution in [3.63, 3.8) is 0 Å². The van der Waals surface area contributed by atoms with Gasteiger partial charge in [0.25, 0.3) is 5.91 Å². The summed E-state index contributed by atoms with van der Waals surface area (Å²) in [6.45, 7) is 1.65. The van der Waals surface area contributed by atoms with Crippen molar-refractivity contribution in [1.29, 1.82) is 5.26 Å². The van der Waals surface area contributed by atoms with Crippen molar-refractivity contribution < 1.29 is 9.59 Å². The summed E-state index contributed by atoms with van der Waals surface area (Å²) in [6.07, 6.45) is 1.98. The molecule has 0 radical (unpaired) electrons. The molecule has 3 unspecified atom stereocenters. The molecule has 1 aromatic rings. The summed E-state index contributed by atoms with van der Waals surface area (Å²) in [5, 5.41) is 8.72. The molecule has 4 rings (SSSR count). The second kappa shape index (κ2) is 4.58. The molecule has 3 aliphatic rings. The van der Waals surface area contributed by atoms with Gasteiger partial charge in [-0.15, -0.1) is 0 Å². The average molecular weight is 299 g/mol. The molecule has 7 nitrogen and oxygen atoms in total. The number of piperazine rings is 1. The molecule has 3 heterocycles. The molecule has 3 N–H and O–H groups in total. The second-order valence-electron chi connectivity index (χ2n) is 6.29. The lowest BCUT2D eigenvalue weighted by Crippen LogP contribution is -2.55. The molecule has 0 saturated carbocycles. The molecule has 0 aromatic carbocycles. The third kappa shape index (κ3) is 1.84. The number of carbonyl (C=O) groups excluding carboxylic acids is 2. The highest BCUT2D eigenvalue weighted by Crippen LogP contribution is 2.48. The van der Waals surface area contributed by atoms with Gasteiger partial charge in [-0.3, -0.25) is 14.5 Å². The van der Waals surface area contributed by atoms with Crippen LogP contribution in [0.15, 0.2) is 6.07 Å². The highest BCUT2D eigenvalue weighted by atomic mass is 16.2. The van der Waals surface area contributed by atoms with E-state index in [1.54, 1.807) is 0 Å². The zero-order chi connectivity index (χ0) is 15.4. The van der Waals surface area contributed by atoms with Crippen LogP contribution < -0.4 is 5.73 Å². The molecule has 1 aromatic heterocycles. The number of aromatic nitrogens is 1. The molecule has 3 atom stereocenters. The Morgan fingerprint density at radius 3 is 2.55 bits per heavy atom. The summed E-state index contributed by atoms with van der Waals surface area (Å²) in [7, 11) is 0. The lowest BCUT2D eigenvalue weighted by Gasteiger charge is -2.41. The second-order valence-corrected chi connectivity index (χ2v) is 6.29. The van der Waals surface area contributed by atoms with E-state index in [0.717, 1.165) is 37.2 Å². The number of nitrogens with one attached hydrogen (secondary N) is 1. The number of rotatable bonds is 3. The third-order valence-electron chi connectivity index (χ3n) is 5.02. The minimum Gasteiger partial charge on any atom is -0.364 e. The first-order valence-corrected chi connectivity index (χ1v) is 7.55. The highest BCUT2D eigenvalue weighted by molar-refractivity contribution is 5.92. The van der Waals surface area contributed by atoms with Gasteiger partial charge < -0.3 is 15.6 Å². The standard InChI is InChI=1S/C15H17N5O2/c16-4-3-12(21)20-8-1-2-9(20)7-19(6-8)14-10-5-11(15(17)22)18-13(10)14/h5,8-9,14,18H,1-3,6-7H2,(H2,17,22). The molecule has 22 heavy (non-hydrogen) atoms. The maximum atomic E-state index is 12.1. The van der Waals surface area contributed by atoms with Gasteiger partial charge in [0.1, 0.15) is 12.1 Å². The molecule has 0 spiro atoms. The van der Waals surface area contributed by atoms with E-state index in [0.29, 0.717) is 5.69 Å². The molecule has 7 heteroatoms. The number of nitriles is 1. The number of amides is 2. The minimum absolute atomic E-state index is 0.0303. The van der Waals surface area contributed by atoms with Gasteiger partial charge in [0.2, 0.25) is 5.91 Å². The lowest BCUT2D eigenvalue weighted by molar-refractivity contribution is -0.136. The van der Waals surface area contributed by atoms with E-state index in [1.165, 1.54) is 0 Å². The predicted molar refractivity (Wildman–Crippen MR) is 76.6 cm³/mol. The van der Waals surface area contributed by atoms with Crippen LogP contribution >= 0.6 is 0 Å². The molecule has 2 fully saturated rings. The number of H-pyrrole nitrogens is 1. The van der Waals surface area contributed by atoms with Gasteiger partial charge in [-0.2, -0.15) is 5.26 Å². The number of carbonyl (C=O) groups is 2. The fraction of sp³-hybridized carbons (Fsp3) is 0.533. The monoisotopic (exact) mass is 299 g/mol. The Morgan fingerprint density at radius 2 is 2.05 bits per heavy atom. The number of primary amides is 1. The largest absolute Gasteiger partial charge is 0.364 e. The van der Waals surface area contributed by atoms with Crippen LogP contribution in [0.1, 0.15) is 47.1 Å². The van der Waals surface area contributed by atoms with Gasteiger partial charge in [0.15, 0.2) is 0 Å². The van der Waals surface area contributed by atoms with E-state index in [9.17, 15) is 9.59 Å². The van der Waals surface area contributed by atoms with Crippen LogP contribution in [0.5, 0.6) is 0 Å². The average Bonchev–Trinajstić information content (AvgIpc) is 2.83. The van der Waals surface area contributed by atoms with Crippen LogP contribution in [0.25, 0.3) is 0 Å². The Morgan fingerprint density at radius 1 is 1.36 bits per heavy atom. The van der Waals surface area contributed by atoms with Crippen molar-refractivity contribution in [3.05, 3.63) is 23.0 Å². The van der Waals surface area contributed by atoms with Gasteiger partial charge in [-0.05, 0) is 24.5 Å². The van der Waals surface area contributed by atoms with Gasteiger partial charge in [-0.25, -0.2) is 0 Å². The van der Waals surface area contributed by atoms with E-state index in [2.05, 4.69) is 9.88 Å². The number of nitrogens with two attached hydrogens (primary N) is 1. The summed E-state index contributed by atoms with van der Waals surface area (Å²) in [5.74, 6) is -0.474. The normalized spacial score (nSPS) is 29.0. The Hall–Kier alpha value is -2.33. The first-order valence-electron chi connectivity index (χ1n) is 7.55. The van der Waals surface area contributed by atoms with Crippen LogP contribution in [0, 0.1) is 11.3 Å². The predicted octanol–water partition coefficient (Wildman–Crippen LogP) is 0.105. The van der Waals surface area contributed by atoms with Crippen molar-refractivity contribution >= 4 is 11.8 Å². The maximum absolute atomic E-state index is 12.1. The number of likely N-dealkylation sites (tertiary alicyclic amines) is 1. The Kier molecular flexibility index (Phi) is 2.78. The highest BCUT2D eigenvalue weighted by Gasteiger charge is 2.49. The fourth-order valence-corrected chi connectivity index (χ4v) is 4.08. The van der Waals surface area contributed by atoms with Crippen LogP contribution in [-0.4, -0.2) is 51.8 Å². The smallest absolute Gasteiger partial charge is 0.265 e. The summed E-state index contributed by atoms with van der Waals surface area (Å²) < 4.78 is 0. The van der Waals surface area contributed by atoms with E-state index in [4.69, 9.17) is 11.0 Å². The van der Waals surface area contributed by atoms with Gasteiger partial charge >= 0.3 is 0 Å². The molecule has 2 saturated heterocycles. The van der Waals surface area contributed by atoms with Crippen LogP contribution in [0.3, 0.4) is 0 Å². The quantitative estimate of drug-likeness (QED) is 0.825. The van der Waals surface area contributed by atoms with Crippen molar-refractivity contribution in [2.24, 2.45) is 5.73 Å². The zero-order valence-corrected chi connectivity index (χ0v) is 12.1. The van der Waals surface area contributed by atoms with Gasteiger partial charge in [0.05, 0.1) is 12.1 Å². The molecule has 2 bridgehead atoms. The summed E-state index contributed by atoms with van der Waals surface area (Å²) >= 11 is 0. The van der Waals surface area contributed by atoms with Crippen molar-refractivity contribution in [2.45, 2.75) is 37.4 Å². The maximum Gasteiger partial charge on any atom is 0.265 e. The summed E-state index contributed by atoms with van der Waals surface area (Å²) in [6, 6.07) is 4.45. The first-order chi connectivity index (χ1) is 10.6. The topological polar surface area (TPSA) is 106 Å². The summed E-state index contributed by atoms with van der Waals surface area (Å²) in [5.41, 5.74) is 7.94. The Labute approximate surface area is 127 Å². The van der Waals surface area contributed by atoms with Gasteiger partial charge in [-0.1, -0.05) is 0 Å². The zero-order valence-electron chi connectivity index (χ0n) is 12.1. The first kappa shape index (κ1) is 13.3. The van der Waals surface area contributed by atoms with E-state index < -0.39 is 5.91 Å². The third-order valence-corrected chi connectivity index (χ3v) is 5.02. The molecule has 2 amide bonds. The van der Waals surface area contributed by atoms with Crippen molar-refractivity contribution in [1.82, 2.24) is 14.8 Å². The Balaban J connectivity index is 1.46. The SMILES string of the molecule is N#CCC(=O)N1C2CCC1CN(C1c3cc(C(N)=O)[nH]c31)C2. The Bertz CT molecular complexity index is 668. The van der Waals surface area contributed by atoms with E-state index >= 15 is 0 Å². The number of hydrogen-bond donors (Lipinski definition) is 2.